The zero-order chi connectivity index (χ0) is 20.4. The van der Waals surface area contributed by atoms with E-state index < -0.39 is 18.0 Å². The minimum absolute atomic E-state index is 0.185. The summed E-state index contributed by atoms with van der Waals surface area (Å²) < 4.78 is 19.7. The van der Waals surface area contributed by atoms with Gasteiger partial charge >= 0.3 is 6.09 Å². The average molecular weight is 415 g/mol. The fraction of sp³-hybridized carbons (Fsp3) is 0.316. The van der Waals surface area contributed by atoms with Gasteiger partial charge in [-0.3, -0.25) is 9.91 Å². The van der Waals surface area contributed by atoms with Gasteiger partial charge in [-0.25, -0.2) is 9.18 Å². The number of thiophene rings is 1. The van der Waals surface area contributed by atoms with Crippen molar-refractivity contribution in [2.75, 3.05) is 36.0 Å². The lowest BCUT2D eigenvalue weighted by atomic mass is 10.2. The van der Waals surface area contributed by atoms with Crippen molar-refractivity contribution >= 4 is 35.1 Å². The van der Waals surface area contributed by atoms with Gasteiger partial charge in [0.15, 0.2) is 0 Å². The number of cyclic esters (lactones) is 1. The molecule has 1 unspecified atom stereocenters. The van der Waals surface area contributed by atoms with Crippen molar-refractivity contribution in [2.24, 2.45) is 5.10 Å². The number of nitriles is 1. The number of hydrazone groups is 1. The highest BCUT2D eigenvalue weighted by Gasteiger charge is 2.32. The first kappa shape index (κ1) is 19.2. The molecule has 29 heavy (non-hydrogen) atoms. The molecule has 1 atom stereocenters. The Morgan fingerprint density at radius 3 is 2.83 bits per heavy atom. The van der Waals surface area contributed by atoms with Gasteiger partial charge < -0.3 is 14.7 Å². The molecule has 0 radical (unpaired) electrons. The molecule has 150 valence electrons. The summed E-state index contributed by atoms with van der Waals surface area (Å²) in [5, 5.41) is 24.3. The molecule has 0 saturated carbocycles. The molecule has 1 amide bonds. The van der Waals surface area contributed by atoms with Crippen LogP contribution in [0, 0.1) is 17.1 Å². The number of halogens is 1. The summed E-state index contributed by atoms with van der Waals surface area (Å²) in [6.45, 7) is 1.67. The molecule has 2 aliphatic heterocycles. The number of rotatable bonds is 5. The van der Waals surface area contributed by atoms with E-state index in [1.807, 2.05) is 11.1 Å². The molecule has 2 aromatic rings. The molecule has 0 spiro atoms. The van der Waals surface area contributed by atoms with E-state index in [1.165, 1.54) is 22.3 Å². The average Bonchev–Trinajstić information content (AvgIpc) is 3.34. The summed E-state index contributed by atoms with van der Waals surface area (Å²) in [6, 6.07) is 10.4. The number of benzene rings is 1. The summed E-state index contributed by atoms with van der Waals surface area (Å²) in [7, 11) is 0. The van der Waals surface area contributed by atoms with Crippen LogP contribution >= 0.6 is 11.3 Å². The molecule has 3 heterocycles. The van der Waals surface area contributed by atoms with Gasteiger partial charge in [0.2, 0.25) is 0 Å². The maximum Gasteiger partial charge on any atom is 0.414 e. The van der Waals surface area contributed by atoms with E-state index in [1.54, 1.807) is 29.4 Å². The van der Waals surface area contributed by atoms with Crippen LogP contribution in [-0.4, -0.2) is 54.9 Å². The topological polar surface area (TPSA) is 92.4 Å². The highest BCUT2D eigenvalue weighted by molar-refractivity contribution is 7.12. The second-order valence-electron chi connectivity index (χ2n) is 6.62. The molecule has 8 nitrogen and oxygen atoms in total. The molecule has 1 saturated heterocycles. The zero-order valence-electron chi connectivity index (χ0n) is 15.4. The molecular weight excluding hydrogens is 397 g/mol. The predicted octanol–water partition coefficient (Wildman–Crippen LogP) is 2.34. The normalized spacial score (nSPS) is 18.9. The Balaban J connectivity index is 1.43. The lowest BCUT2D eigenvalue weighted by molar-refractivity contribution is 0.0963. The summed E-state index contributed by atoms with van der Waals surface area (Å²) >= 11 is 1.43. The maximum absolute atomic E-state index is 14.7. The van der Waals surface area contributed by atoms with Gasteiger partial charge in [0.1, 0.15) is 29.2 Å². The lowest BCUT2D eigenvalue weighted by Gasteiger charge is -2.30. The molecule has 10 heteroatoms. The van der Waals surface area contributed by atoms with E-state index in [0.717, 1.165) is 4.88 Å². The Morgan fingerprint density at radius 2 is 2.21 bits per heavy atom. The standard InChI is InChI=1S/C19H18FN5O3S/c20-17-7-13(25-9-14(11-26)28-19(25)27)1-4-18(17)23-5-6-24(22-12-23)10-16-3-2-15(8-21)29-16/h1-4,7,12,14,26H,5-6,9-11H2. The monoisotopic (exact) mass is 415 g/mol. The van der Waals surface area contributed by atoms with Gasteiger partial charge in [-0.15, -0.1) is 11.3 Å². The van der Waals surface area contributed by atoms with Gasteiger partial charge in [0, 0.05) is 11.4 Å². The Bertz CT molecular complexity index is 988. The summed E-state index contributed by atoms with van der Waals surface area (Å²) in [5.41, 5.74) is 0.750. The number of carbonyl (C=O) groups is 1. The summed E-state index contributed by atoms with van der Waals surface area (Å²) in [6.07, 6.45) is 0.379. The van der Waals surface area contributed by atoms with Crippen LogP contribution < -0.4 is 9.80 Å². The lowest BCUT2D eigenvalue weighted by Crippen LogP contribution is -2.37. The quantitative estimate of drug-likeness (QED) is 0.806. The molecule has 0 bridgehead atoms. The Labute approximate surface area is 170 Å². The third-order valence-electron chi connectivity index (χ3n) is 4.69. The van der Waals surface area contributed by atoms with Crippen molar-refractivity contribution in [3.8, 4) is 6.07 Å². The number of aliphatic hydroxyl groups is 1. The van der Waals surface area contributed by atoms with Crippen molar-refractivity contribution < 1.29 is 19.0 Å². The van der Waals surface area contributed by atoms with Crippen LogP contribution in [0.3, 0.4) is 0 Å². The number of amides is 1. The van der Waals surface area contributed by atoms with E-state index in [0.29, 0.717) is 35.9 Å². The highest BCUT2D eigenvalue weighted by atomic mass is 32.1. The van der Waals surface area contributed by atoms with E-state index in [4.69, 9.17) is 15.1 Å². The first-order chi connectivity index (χ1) is 14.1. The smallest absolute Gasteiger partial charge is 0.414 e. The number of ether oxygens (including phenoxy) is 1. The number of hydrogen-bond donors (Lipinski definition) is 1. The van der Waals surface area contributed by atoms with E-state index >= 15 is 0 Å². The SMILES string of the molecule is N#Cc1ccc(CN2CCN(c3ccc(N4CC(CO)OC4=O)cc3F)C=N2)s1. The van der Waals surface area contributed by atoms with E-state index in [9.17, 15) is 9.18 Å². The van der Waals surface area contributed by atoms with Crippen LogP contribution in [0.1, 0.15) is 9.75 Å². The van der Waals surface area contributed by atoms with Crippen LogP contribution in [0.2, 0.25) is 0 Å². The molecule has 0 aliphatic carbocycles. The van der Waals surface area contributed by atoms with Gasteiger partial charge in [0.25, 0.3) is 0 Å². The van der Waals surface area contributed by atoms with Gasteiger partial charge in [-0.2, -0.15) is 10.4 Å². The Morgan fingerprint density at radius 1 is 1.34 bits per heavy atom. The Hall–Kier alpha value is -3.16. The van der Waals surface area contributed by atoms with Crippen molar-refractivity contribution in [1.29, 1.82) is 5.26 Å². The fourth-order valence-corrected chi connectivity index (χ4v) is 4.02. The Kier molecular flexibility index (Phi) is 5.33. The molecule has 2 aliphatic rings. The van der Waals surface area contributed by atoms with Crippen molar-refractivity contribution in [1.82, 2.24) is 5.01 Å². The fourth-order valence-electron chi connectivity index (χ4n) is 3.20. The summed E-state index contributed by atoms with van der Waals surface area (Å²) in [4.78, 5) is 16.6. The first-order valence-corrected chi connectivity index (χ1v) is 9.82. The molecule has 1 aromatic carbocycles. The largest absolute Gasteiger partial charge is 0.441 e. The van der Waals surface area contributed by atoms with E-state index in [-0.39, 0.29) is 13.2 Å². The van der Waals surface area contributed by atoms with Crippen molar-refractivity contribution in [3.63, 3.8) is 0 Å². The number of aliphatic hydroxyl groups excluding tert-OH is 1. The third kappa shape index (κ3) is 4.01. The van der Waals surface area contributed by atoms with Gasteiger partial charge in [-0.1, -0.05) is 0 Å². The number of carbonyl (C=O) groups excluding carboxylic acids is 1. The van der Waals surface area contributed by atoms with E-state index in [2.05, 4.69) is 11.2 Å². The molecule has 1 N–H and O–H groups in total. The molecule has 1 aromatic heterocycles. The minimum Gasteiger partial charge on any atom is -0.441 e. The van der Waals surface area contributed by atoms with Crippen molar-refractivity contribution in [2.45, 2.75) is 12.6 Å². The van der Waals surface area contributed by atoms with Gasteiger partial charge in [-0.05, 0) is 30.3 Å². The van der Waals surface area contributed by atoms with Crippen LogP contribution in [-0.2, 0) is 11.3 Å². The number of anilines is 2. The molecular formula is C19H18FN5O3S. The van der Waals surface area contributed by atoms with Crippen LogP contribution in [0.15, 0.2) is 35.4 Å². The molecule has 1 fully saturated rings. The summed E-state index contributed by atoms with van der Waals surface area (Å²) in [5.74, 6) is -0.473. The predicted molar refractivity (Wildman–Crippen MR) is 106 cm³/mol. The minimum atomic E-state index is -0.599. The third-order valence-corrected chi connectivity index (χ3v) is 5.67. The van der Waals surface area contributed by atoms with Crippen LogP contribution in [0.5, 0.6) is 0 Å². The number of nitrogens with zero attached hydrogens (tertiary/aromatic N) is 5. The highest BCUT2D eigenvalue weighted by Crippen LogP contribution is 2.28. The number of hydrogen-bond acceptors (Lipinski definition) is 8. The maximum atomic E-state index is 14.7. The van der Waals surface area contributed by atoms with Crippen molar-refractivity contribution in [3.05, 3.63) is 45.9 Å². The van der Waals surface area contributed by atoms with Gasteiger partial charge in [0.05, 0.1) is 37.6 Å². The zero-order valence-corrected chi connectivity index (χ0v) is 16.2. The second-order valence-corrected chi connectivity index (χ2v) is 7.79. The van der Waals surface area contributed by atoms with Crippen LogP contribution in [0.25, 0.3) is 0 Å². The van der Waals surface area contributed by atoms with Crippen LogP contribution in [0.4, 0.5) is 20.6 Å². The second kappa shape index (κ2) is 8.06. The molecule has 4 rings (SSSR count). The first-order valence-electron chi connectivity index (χ1n) is 9.00.